The van der Waals surface area contributed by atoms with Crippen LogP contribution in [0.4, 0.5) is 0 Å². The Hall–Kier alpha value is -1.33. The minimum absolute atomic E-state index is 0.289. The molecule has 0 aliphatic heterocycles. The second-order valence-corrected chi connectivity index (χ2v) is 6.47. The maximum atomic E-state index is 5.92. The highest BCUT2D eigenvalue weighted by atomic mass is 32.2. The van der Waals surface area contributed by atoms with Crippen LogP contribution in [-0.2, 0) is 5.75 Å². The van der Waals surface area contributed by atoms with Gasteiger partial charge in [-0.25, -0.2) is 0 Å². The van der Waals surface area contributed by atoms with Crippen LogP contribution in [0.15, 0.2) is 33.7 Å². The lowest BCUT2D eigenvalue weighted by atomic mass is 10.1. The monoisotopic (exact) mass is 289 g/mol. The molecular weight excluding hydrogens is 270 g/mol. The average molecular weight is 289 g/mol. The van der Waals surface area contributed by atoms with Gasteiger partial charge < -0.3 is 10.3 Å². The van der Waals surface area contributed by atoms with Crippen molar-refractivity contribution in [1.29, 1.82) is 0 Å². The van der Waals surface area contributed by atoms with E-state index in [0.29, 0.717) is 5.92 Å². The highest BCUT2D eigenvalue weighted by Gasteiger charge is 2.27. The zero-order chi connectivity index (χ0) is 13.9. The molecule has 0 bridgehead atoms. The second-order valence-electron chi connectivity index (χ2n) is 5.42. The number of aromatic nitrogens is 2. The van der Waals surface area contributed by atoms with E-state index in [0.717, 1.165) is 36.7 Å². The minimum atomic E-state index is 0.289. The summed E-state index contributed by atoms with van der Waals surface area (Å²) in [6.45, 7) is 2.09. The maximum absolute atomic E-state index is 5.92. The Morgan fingerprint density at radius 2 is 2.10 bits per heavy atom. The van der Waals surface area contributed by atoms with Crippen LogP contribution in [-0.4, -0.2) is 16.2 Å². The number of nitrogens with zero attached hydrogens (tertiary/aromatic N) is 2. The standard InChI is InChI=1S/C15H19N3OS/c1-10-2-6-13(7-3-10)20-9-14-17-15(19-18-14)11-4-5-12(16)8-11/h2-3,6-7,11-12H,4-5,8-9,16H2,1H3/t11-,12+/m1/s1. The number of nitrogens with two attached hydrogens (primary N) is 1. The Kier molecular flexibility index (Phi) is 4.08. The lowest BCUT2D eigenvalue weighted by molar-refractivity contribution is 0.350. The summed E-state index contributed by atoms with van der Waals surface area (Å²) in [7, 11) is 0. The zero-order valence-electron chi connectivity index (χ0n) is 11.6. The molecule has 5 heteroatoms. The van der Waals surface area contributed by atoms with Crippen molar-refractivity contribution in [2.75, 3.05) is 0 Å². The third kappa shape index (κ3) is 3.22. The predicted octanol–water partition coefficient (Wildman–Crippen LogP) is 3.27. The molecule has 4 nitrogen and oxygen atoms in total. The van der Waals surface area contributed by atoms with Crippen LogP contribution < -0.4 is 5.73 Å². The molecule has 2 atom stereocenters. The van der Waals surface area contributed by atoms with Gasteiger partial charge in [-0.3, -0.25) is 0 Å². The van der Waals surface area contributed by atoms with E-state index in [1.807, 2.05) is 0 Å². The molecule has 106 valence electrons. The van der Waals surface area contributed by atoms with Gasteiger partial charge in [-0.2, -0.15) is 4.98 Å². The summed E-state index contributed by atoms with van der Waals surface area (Å²) in [5.41, 5.74) is 7.19. The lowest BCUT2D eigenvalue weighted by Gasteiger charge is -2.01. The van der Waals surface area contributed by atoms with Gasteiger partial charge in [-0.05, 0) is 38.3 Å². The molecule has 1 aliphatic rings. The van der Waals surface area contributed by atoms with Gasteiger partial charge in [0.05, 0.1) is 5.75 Å². The summed E-state index contributed by atoms with van der Waals surface area (Å²) in [6.07, 6.45) is 3.08. The van der Waals surface area contributed by atoms with E-state index in [2.05, 4.69) is 41.3 Å². The molecule has 0 saturated heterocycles. The summed E-state index contributed by atoms with van der Waals surface area (Å²) in [5.74, 6) is 2.63. The molecular formula is C15H19N3OS. The largest absolute Gasteiger partial charge is 0.339 e. The number of aryl methyl sites for hydroxylation is 1. The van der Waals surface area contributed by atoms with E-state index in [-0.39, 0.29) is 6.04 Å². The van der Waals surface area contributed by atoms with Crippen molar-refractivity contribution in [2.45, 2.75) is 48.8 Å². The smallest absolute Gasteiger partial charge is 0.229 e. The lowest BCUT2D eigenvalue weighted by Crippen LogP contribution is -2.14. The molecule has 2 N–H and O–H groups in total. The first-order chi connectivity index (χ1) is 9.70. The van der Waals surface area contributed by atoms with E-state index in [1.165, 1.54) is 10.5 Å². The van der Waals surface area contributed by atoms with Crippen molar-refractivity contribution in [2.24, 2.45) is 5.73 Å². The number of rotatable bonds is 4. The molecule has 3 rings (SSSR count). The molecule has 20 heavy (non-hydrogen) atoms. The summed E-state index contributed by atoms with van der Waals surface area (Å²) in [5, 5.41) is 4.07. The van der Waals surface area contributed by atoms with E-state index in [9.17, 15) is 0 Å². The van der Waals surface area contributed by atoms with Crippen molar-refractivity contribution in [3.63, 3.8) is 0 Å². The van der Waals surface area contributed by atoms with Crippen LogP contribution in [0.25, 0.3) is 0 Å². The molecule has 0 amide bonds. The third-order valence-corrected chi connectivity index (χ3v) is 4.70. The average Bonchev–Trinajstić information content (AvgIpc) is 3.07. The Labute approximate surface area is 123 Å². The Balaban J connectivity index is 1.58. The van der Waals surface area contributed by atoms with Crippen LogP contribution in [0.2, 0.25) is 0 Å². The van der Waals surface area contributed by atoms with E-state index < -0.39 is 0 Å². The first-order valence-corrected chi connectivity index (χ1v) is 7.97. The van der Waals surface area contributed by atoms with Gasteiger partial charge in [0.25, 0.3) is 0 Å². The van der Waals surface area contributed by atoms with Crippen LogP contribution in [0, 0.1) is 6.92 Å². The normalized spacial score (nSPS) is 22.3. The summed E-state index contributed by atoms with van der Waals surface area (Å²) < 4.78 is 5.37. The molecule has 0 spiro atoms. The van der Waals surface area contributed by atoms with Crippen LogP contribution in [0.3, 0.4) is 0 Å². The van der Waals surface area contributed by atoms with Crippen LogP contribution >= 0.6 is 11.8 Å². The molecule has 1 fully saturated rings. The first kappa shape index (κ1) is 13.6. The molecule has 1 aromatic carbocycles. The van der Waals surface area contributed by atoms with Crippen molar-refractivity contribution >= 4 is 11.8 Å². The molecule has 1 saturated carbocycles. The van der Waals surface area contributed by atoms with Gasteiger partial charge in [0.2, 0.25) is 5.89 Å². The Morgan fingerprint density at radius 3 is 2.80 bits per heavy atom. The first-order valence-electron chi connectivity index (χ1n) is 6.98. The number of hydrogen-bond donors (Lipinski definition) is 1. The van der Waals surface area contributed by atoms with Crippen molar-refractivity contribution in [3.05, 3.63) is 41.5 Å². The fraction of sp³-hybridized carbons (Fsp3) is 0.467. The SMILES string of the molecule is Cc1ccc(SCc2noc([C@@H]3CC[C@H](N)C3)n2)cc1. The van der Waals surface area contributed by atoms with E-state index in [1.54, 1.807) is 11.8 Å². The van der Waals surface area contributed by atoms with Gasteiger partial charge in [-0.1, -0.05) is 22.9 Å². The fourth-order valence-electron chi connectivity index (χ4n) is 2.52. The predicted molar refractivity (Wildman–Crippen MR) is 79.6 cm³/mol. The topological polar surface area (TPSA) is 64.9 Å². The minimum Gasteiger partial charge on any atom is -0.339 e. The maximum Gasteiger partial charge on any atom is 0.229 e. The van der Waals surface area contributed by atoms with E-state index in [4.69, 9.17) is 10.3 Å². The zero-order valence-corrected chi connectivity index (χ0v) is 12.4. The molecule has 1 heterocycles. The highest BCUT2D eigenvalue weighted by molar-refractivity contribution is 7.98. The summed E-state index contributed by atoms with van der Waals surface area (Å²) in [4.78, 5) is 5.73. The van der Waals surface area contributed by atoms with Crippen molar-refractivity contribution < 1.29 is 4.52 Å². The number of hydrogen-bond acceptors (Lipinski definition) is 5. The van der Waals surface area contributed by atoms with Gasteiger partial charge in [0, 0.05) is 16.9 Å². The molecule has 0 radical (unpaired) electrons. The summed E-state index contributed by atoms with van der Waals surface area (Å²) in [6, 6.07) is 8.76. The number of benzene rings is 1. The number of thioether (sulfide) groups is 1. The summed E-state index contributed by atoms with van der Waals surface area (Å²) >= 11 is 1.73. The van der Waals surface area contributed by atoms with Crippen LogP contribution in [0.5, 0.6) is 0 Å². The molecule has 0 unspecified atom stereocenters. The van der Waals surface area contributed by atoms with Gasteiger partial charge in [-0.15, -0.1) is 11.8 Å². The van der Waals surface area contributed by atoms with Gasteiger partial charge in [0.15, 0.2) is 5.82 Å². The van der Waals surface area contributed by atoms with Gasteiger partial charge in [0.1, 0.15) is 0 Å². The molecule has 1 aromatic heterocycles. The third-order valence-electron chi connectivity index (χ3n) is 3.70. The van der Waals surface area contributed by atoms with Crippen molar-refractivity contribution in [3.8, 4) is 0 Å². The quantitative estimate of drug-likeness (QED) is 0.875. The highest BCUT2D eigenvalue weighted by Crippen LogP contribution is 2.33. The second kappa shape index (κ2) is 5.97. The Bertz CT molecular complexity index is 567. The van der Waals surface area contributed by atoms with Gasteiger partial charge >= 0.3 is 0 Å². The molecule has 1 aliphatic carbocycles. The fourth-order valence-corrected chi connectivity index (χ4v) is 3.26. The van der Waals surface area contributed by atoms with E-state index >= 15 is 0 Å². The Morgan fingerprint density at radius 1 is 1.30 bits per heavy atom. The molecule has 2 aromatic rings. The van der Waals surface area contributed by atoms with Crippen molar-refractivity contribution in [1.82, 2.24) is 10.1 Å². The van der Waals surface area contributed by atoms with Crippen LogP contribution in [0.1, 0.15) is 42.5 Å².